The molecule has 0 spiro atoms. The van der Waals surface area contributed by atoms with Crippen LogP contribution >= 0.6 is 0 Å². The molecule has 122 valence electrons. The Labute approximate surface area is 141 Å². The lowest BCUT2D eigenvalue weighted by molar-refractivity contribution is 0.910. The molecule has 0 unspecified atom stereocenters. The van der Waals surface area contributed by atoms with E-state index in [1.165, 1.54) is 5.56 Å². The van der Waals surface area contributed by atoms with E-state index >= 15 is 0 Å². The van der Waals surface area contributed by atoms with Crippen molar-refractivity contribution in [1.82, 2.24) is 0 Å². The van der Waals surface area contributed by atoms with Crippen molar-refractivity contribution in [1.29, 1.82) is 0 Å². The van der Waals surface area contributed by atoms with Crippen LogP contribution in [0.1, 0.15) is 22.3 Å². The van der Waals surface area contributed by atoms with E-state index in [4.69, 9.17) is 0 Å². The summed E-state index contributed by atoms with van der Waals surface area (Å²) in [6.07, 6.45) is 0. The fourth-order valence-electron chi connectivity index (χ4n) is 3.16. The van der Waals surface area contributed by atoms with Crippen molar-refractivity contribution in [3.8, 4) is 11.1 Å². The normalized spacial score (nSPS) is 11.0. The molecule has 0 N–H and O–H groups in total. The summed E-state index contributed by atoms with van der Waals surface area (Å²) in [6, 6.07) is 14.0. The van der Waals surface area contributed by atoms with Crippen LogP contribution in [0.2, 0.25) is 0 Å². The molecule has 0 aliphatic rings. The van der Waals surface area contributed by atoms with E-state index in [0.29, 0.717) is 17.8 Å². The van der Waals surface area contributed by atoms with E-state index in [9.17, 15) is 9.59 Å². The topological polar surface area (TPSA) is 37.4 Å². The third kappa shape index (κ3) is 2.67. The summed E-state index contributed by atoms with van der Waals surface area (Å²) in [4.78, 5) is 26.3. The molecular formula is C21H21NO2. The van der Waals surface area contributed by atoms with Crippen molar-refractivity contribution < 1.29 is 0 Å². The Bertz CT molecular complexity index is 964. The molecule has 0 aromatic heterocycles. The zero-order valence-electron chi connectivity index (χ0n) is 14.5. The highest BCUT2D eigenvalue weighted by Gasteiger charge is 2.26. The lowest BCUT2D eigenvalue weighted by Gasteiger charge is -2.24. The van der Waals surface area contributed by atoms with Crippen LogP contribution < -0.4 is 15.8 Å². The molecule has 0 heterocycles. The number of nitrogens with zero attached hydrogens (tertiary/aromatic N) is 1. The van der Waals surface area contributed by atoms with Gasteiger partial charge in [0.15, 0.2) is 0 Å². The molecule has 3 aromatic carbocycles. The third-order valence-electron chi connectivity index (χ3n) is 4.64. The second-order valence-electron chi connectivity index (χ2n) is 6.47. The Morgan fingerprint density at radius 1 is 0.833 bits per heavy atom. The van der Waals surface area contributed by atoms with E-state index < -0.39 is 0 Å². The van der Waals surface area contributed by atoms with E-state index in [0.717, 1.165) is 22.3 Å². The summed E-state index contributed by atoms with van der Waals surface area (Å²) in [6.45, 7) is 6.66. The minimum absolute atomic E-state index is 0.378. The molecule has 3 nitrogen and oxygen atoms in total. The van der Waals surface area contributed by atoms with Gasteiger partial charge in [0.25, 0.3) is 0 Å². The first kappa shape index (κ1) is 16.2. The van der Waals surface area contributed by atoms with Gasteiger partial charge < -0.3 is 4.90 Å². The lowest BCUT2D eigenvalue weighted by atomic mass is 9.91. The molecule has 0 amide bonds. The number of rotatable bonds is 4. The smallest absolute Gasteiger partial charge is 0.250 e. The van der Waals surface area contributed by atoms with Crippen molar-refractivity contribution in [2.75, 3.05) is 11.9 Å². The van der Waals surface area contributed by atoms with E-state index in [1.807, 2.05) is 62.2 Å². The van der Waals surface area contributed by atoms with Crippen LogP contribution in [0.3, 0.4) is 0 Å². The molecule has 0 atom stereocenters. The standard InChI is InChI=1S/C21H21NO2/c1-13-10-15(3)17(11-14(13)2)18-19(21(24)20(18)23)22(4)12-16-8-6-5-7-9-16/h5-11H,12H2,1-4H3. The second-order valence-corrected chi connectivity index (χ2v) is 6.47. The van der Waals surface area contributed by atoms with Gasteiger partial charge in [-0.25, -0.2) is 0 Å². The maximum Gasteiger partial charge on any atom is 0.250 e. The molecular weight excluding hydrogens is 298 g/mol. The molecule has 0 aliphatic carbocycles. The molecule has 3 heteroatoms. The predicted octanol–water partition coefficient (Wildman–Crippen LogP) is 3.51. The van der Waals surface area contributed by atoms with Gasteiger partial charge in [-0.2, -0.15) is 0 Å². The summed E-state index contributed by atoms with van der Waals surface area (Å²) in [5, 5.41) is 0. The Morgan fingerprint density at radius 2 is 1.46 bits per heavy atom. The summed E-state index contributed by atoms with van der Waals surface area (Å²) in [5.41, 5.74) is 5.63. The maximum absolute atomic E-state index is 12.2. The van der Waals surface area contributed by atoms with Crippen LogP contribution in [-0.4, -0.2) is 7.05 Å². The van der Waals surface area contributed by atoms with Gasteiger partial charge in [0.1, 0.15) is 5.69 Å². The molecule has 0 aliphatic heterocycles. The quantitative estimate of drug-likeness (QED) is 0.691. The average molecular weight is 319 g/mol. The summed E-state index contributed by atoms with van der Waals surface area (Å²) in [7, 11) is 1.86. The van der Waals surface area contributed by atoms with Crippen molar-refractivity contribution in [3.05, 3.63) is 85.2 Å². The number of aryl methyl sites for hydroxylation is 3. The highest BCUT2D eigenvalue weighted by molar-refractivity contribution is 5.84. The molecule has 0 bridgehead atoms. The Morgan fingerprint density at radius 3 is 2.12 bits per heavy atom. The van der Waals surface area contributed by atoms with Gasteiger partial charge in [0, 0.05) is 13.6 Å². The van der Waals surface area contributed by atoms with Gasteiger partial charge >= 0.3 is 0 Å². The predicted molar refractivity (Wildman–Crippen MR) is 99.6 cm³/mol. The molecule has 0 radical (unpaired) electrons. The average Bonchev–Trinajstić information content (AvgIpc) is 2.56. The Kier molecular flexibility index (Phi) is 4.10. The van der Waals surface area contributed by atoms with Crippen LogP contribution in [0.5, 0.6) is 0 Å². The first-order valence-corrected chi connectivity index (χ1v) is 8.06. The van der Waals surface area contributed by atoms with E-state index in [1.54, 1.807) is 0 Å². The van der Waals surface area contributed by atoms with Crippen LogP contribution in [-0.2, 0) is 6.54 Å². The summed E-state index contributed by atoms with van der Waals surface area (Å²) >= 11 is 0. The monoisotopic (exact) mass is 319 g/mol. The highest BCUT2D eigenvalue weighted by Crippen LogP contribution is 2.31. The largest absolute Gasteiger partial charge is 0.366 e. The molecule has 24 heavy (non-hydrogen) atoms. The van der Waals surface area contributed by atoms with Gasteiger partial charge in [-0.3, -0.25) is 9.59 Å². The molecule has 3 aromatic rings. The molecule has 0 fully saturated rings. The molecule has 0 saturated carbocycles. The number of hydrogen-bond acceptors (Lipinski definition) is 3. The Balaban J connectivity index is 2.04. The maximum atomic E-state index is 12.2. The minimum atomic E-state index is -0.388. The molecule has 3 rings (SSSR count). The van der Waals surface area contributed by atoms with Crippen molar-refractivity contribution >= 4 is 5.69 Å². The van der Waals surface area contributed by atoms with E-state index in [-0.39, 0.29) is 10.9 Å². The van der Waals surface area contributed by atoms with Gasteiger partial charge in [-0.05, 0) is 48.6 Å². The first-order valence-electron chi connectivity index (χ1n) is 8.06. The van der Waals surface area contributed by atoms with Crippen LogP contribution in [0, 0.1) is 20.8 Å². The van der Waals surface area contributed by atoms with E-state index in [2.05, 4.69) is 13.0 Å². The first-order chi connectivity index (χ1) is 11.4. The summed E-state index contributed by atoms with van der Waals surface area (Å²) < 4.78 is 0. The fourth-order valence-corrected chi connectivity index (χ4v) is 3.16. The van der Waals surface area contributed by atoms with Crippen molar-refractivity contribution in [3.63, 3.8) is 0 Å². The lowest BCUT2D eigenvalue weighted by Crippen LogP contribution is -2.40. The minimum Gasteiger partial charge on any atom is -0.366 e. The highest BCUT2D eigenvalue weighted by atomic mass is 16.2. The molecule has 0 saturated heterocycles. The fraction of sp³-hybridized carbons (Fsp3) is 0.238. The van der Waals surface area contributed by atoms with Crippen LogP contribution in [0.25, 0.3) is 11.1 Å². The van der Waals surface area contributed by atoms with Gasteiger partial charge in [-0.1, -0.05) is 42.5 Å². The Hall–Kier alpha value is -2.68. The second kappa shape index (κ2) is 6.08. The summed E-state index contributed by atoms with van der Waals surface area (Å²) in [5.74, 6) is 0. The van der Waals surface area contributed by atoms with Gasteiger partial charge in [0.05, 0.1) is 5.56 Å². The van der Waals surface area contributed by atoms with Crippen LogP contribution in [0.15, 0.2) is 52.1 Å². The van der Waals surface area contributed by atoms with Crippen LogP contribution in [0.4, 0.5) is 5.69 Å². The zero-order valence-corrected chi connectivity index (χ0v) is 14.5. The number of benzene rings is 2. The van der Waals surface area contributed by atoms with Gasteiger partial charge in [0.2, 0.25) is 10.9 Å². The zero-order chi connectivity index (χ0) is 17.4. The van der Waals surface area contributed by atoms with Gasteiger partial charge in [-0.15, -0.1) is 0 Å². The SMILES string of the molecule is Cc1cc(C)c(-c2c(N(C)Cc3ccccc3)c(=O)c2=O)cc1C. The number of hydrogen-bond donors (Lipinski definition) is 0. The van der Waals surface area contributed by atoms with Crippen molar-refractivity contribution in [2.24, 2.45) is 0 Å². The number of anilines is 1. The van der Waals surface area contributed by atoms with Crippen molar-refractivity contribution in [2.45, 2.75) is 27.3 Å². The third-order valence-corrected chi connectivity index (χ3v) is 4.64.